The predicted octanol–water partition coefficient (Wildman–Crippen LogP) is 5.63. The van der Waals surface area contributed by atoms with Gasteiger partial charge in [0.05, 0.1) is 0 Å². The van der Waals surface area contributed by atoms with Crippen molar-refractivity contribution in [1.29, 1.82) is 0 Å². The van der Waals surface area contributed by atoms with Crippen molar-refractivity contribution in [3.63, 3.8) is 0 Å². The van der Waals surface area contributed by atoms with Crippen LogP contribution in [0.15, 0.2) is 115 Å². The van der Waals surface area contributed by atoms with Gasteiger partial charge in [-0.1, -0.05) is 115 Å². The van der Waals surface area contributed by atoms with Gasteiger partial charge >= 0.3 is 24.8 Å². The minimum absolute atomic E-state index is 0.446. The molecule has 135 valence electrons. The number of allylic oxidation sites excluding steroid dienone is 4. The summed E-state index contributed by atoms with van der Waals surface area (Å²) in [5.41, 5.74) is 0. The van der Waals surface area contributed by atoms with Crippen molar-refractivity contribution in [3.05, 3.63) is 115 Å². The zero-order chi connectivity index (χ0) is 18.5. The van der Waals surface area contributed by atoms with Crippen LogP contribution in [0, 0.1) is 0 Å². The molecule has 0 fully saturated rings. The van der Waals surface area contributed by atoms with Crippen LogP contribution < -0.4 is 15.9 Å². The third kappa shape index (κ3) is 6.58. The van der Waals surface area contributed by atoms with Gasteiger partial charge < -0.3 is 0 Å². The van der Waals surface area contributed by atoms with Crippen LogP contribution >= 0.6 is 18.1 Å². The molecule has 0 aromatic heterocycles. The van der Waals surface area contributed by atoms with Crippen molar-refractivity contribution < 1.29 is 14.6 Å². The molecule has 1 aliphatic carbocycles. The fourth-order valence-electron chi connectivity index (χ4n) is 2.57. The van der Waals surface area contributed by atoms with Crippen molar-refractivity contribution in [3.8, 4) is 0 Å². The van der Waals surface area contributed by atoms with Crippen molar-refractivity contribution >= 4 is 34.0 Å². The maximum absolute atomic E-state index is 4.26. The fourth-order valence-corrected chi connectivity index (χ4v) is 4.88. The van der Waals surface area contributed by atoms with Gasteiger partial charge in [-0.3, -0.25) is 0 Å². The maximum atomic E-state index is 4.26. The number of halogens is 1. The van der Waals surface area contributed by atoms with Gasteiger partial charge in [0, 0.05) is 0 Å². The summed E-state index contributed by atoms with van der Waals surface area (Å²) in [5.74, 6) is 0. The molecule has 3 aromatic carbocycles. The zero-order valence-electron chi connectivity index (χ0n) is 14.3. The van der Waals surface area contributed by atoms with E-state index < -0.39 is 7.92 Å². The Kier molecular flexibility index (Phi) is 10.1. The monoisotopic (exact) mass is 421 g/mol. The van der Waals surface area contributed by atoms with E-state index in [0.29, 0.717) is 0 Å². The second-order valence-corrected chi connectivity index (χ2v) is 7.65. The first-order valence-corrected chi connectivity index (χ1v) is 11.0. The topological polar surface area (TPSA) is 0 Å². The molecule has 1 aliphatic rings. The third-order valence-corrected chi connectivity index (χ3v) is 6.14. The molecule has 3 aromatic rings. The molecule has 0 spiro atoms. The zero-order valence-corrected chi connectivity index (χ0v) is 17.0. The number of hydrogen-bond acceptors (Lipinski definition) is 0. The Bertz CT molecular complexity index is 682. The maximum Gasteiger partial charge on any atom is -0.0134 e. The Balaban J connectivity index is 0.000000295. The molecule has 26 heavy (non-hydrogen) atoms. The van der Waals surface area contributed by atoms with Crippen LogP contribution in [0.1, 0.15) is 6.42 Å². The van der Waals surface area contributed by atoms with E-state index in [2.05, 4.69) is 140 Å². The molecule has 0 saturated carbocycles. The Morgan fingerprint density at radius 2 is 0.846 bits per heavy atom. The Morgan fingerprint density at radius 3 is 1.08 bits per heavy atom. The summed E-state index contributed by atoms with van der Waals surface area (Å²) in [7, 11) is 3.82. The second-order valence-electron chi connectivity index (χ2n) is 5.43. The Labute approximate surface area is 170 Å². The molecule has 0 aliphatic heterocycles. The largest absolute Gasteiger partial charge is 0.0622 e. The predicted molar refractivity (Wildman–Crippen MR) is 114 cm³/mol. The molecule has 0 heterocycles. The van der Waals surface area contributed by atoms with Crippen LogP contribution in [0.5, 0.6) is 0 Å². The normalized spacial score (nSPS) is 11.4. The van der Waals surface area contributed by atoms with Gasteiger partial charge in [0.1, 0.15) is 0 Å². The summed E-state index contributed by atoms with van der Waals surface area (Å²) in [6.45, 7) is 0. The van der Waals surface area contributed by atoms with Crippen LogP contribution in [0.3, 0.4) is 0 Å². The Hall–Kier alpha value is -1.65. The van der Waals surface area contributed by atoms with E-state index >= 15 is 0 Å². The molecule has 0 N–H and O–H groups in total. The molecule has 0 atom stereocenters. The van der Waals surface area contributed by atoms with Gasteiger partial charge in [0.15, 0.2) is 0 Å². The molecule has 3 heteroatoms. The van der Waals surface area contributed by atoms with Crippen molar-refractivity contribution in [2.24, 2.45) is 0 Å². The van der Waals surface area contributed by atoms with Crippen LogP contribution in [0.2, 0.25) is 0 Å². The number of benzene rings is 3. The molecular weight excluding hydrogens is 401 g/mol. The van der Waals surface area contributed by atoms with Gasteiger partial charge in [-0.2, -0.15) is 0 Å². The summed E-state index contributed by atoms with van der Waals surface area (Å²) in [6.07, 6.45) is 9.50. The van der Waals surface area contributed by atoms with Gasteiger partial charge in [-0.25, -0.2) is 0 Å². The van der Waals surface area contributed by atoms with Gasteiger partial charge in [-0.15, -0.1) is 0 Å². The van der Waals surface area contributed by atoms with Gasteiger partial charge in [0.25, 0.3) is 0 Å². The number of rotatable bonds is 3. The van der Waals surface area contributed by atoms with Gasteiger partial charge in [0.2, 0.25) is 0 Å². The summed E-state index contributed by atoms with van der Waals surface area (Å²) >= 11 is 3.35. The summed E-state index contributed by atoms with van der Waals surface area (Å²) in [6, 6.07) is 32.3. The van der Waals surface area contributed by atoms with Crippen molar-refractivity contribution in [2.75, 3.05) is 0 Å². The average Bonchev–Trinajstić information content (AvgIpc) is 3.33. The molecule has 0 nitrogen and oxygen atoms in total. The van der Waals surface area contributed by atoms with E-state index in [1.807, 2.05) is 0 Å². The second kappa shape index (κ2) is 12.7. The molecule has 0 radical (unpaired) electrons. The fraction of sp³-hybridized carbons (Fsp3) is 0.0435. The molecular formula is C23H21ClNiP. The van der Waals surface area contributed by atoms with E-state index in [-0.39, 0.29) is 0 Å². The smallest absolute Gasteiger partial charge is 0.0134 e. The van der Waals surface area contributed by atoms with Gasteiger partial charge in [-0.05, 0) is 30.3 Å². The van der Waals surface area contributed by atoms with E-state index in [9.17, 15) is 0 Å². The summed E-state index contributed by atoms with van der Waals surface area (Å²) in [5, 5.41) is 4.19. The summed E-state index contributed by atoms with van der Waals surface area (Å²) < 4.78 is 0. The van der Waals surface area contributed by atoms with E-state index in [1.165, 1.54) is 15.9 Å². The van der Waals surface area contributed by atoms with Crippen LogP contribution in [-0.4, -0.2) is 0 Å². The molecule has 0 bridgehead atoms. The quantitative estimate of drug-likeness (QED) is 0.379. The first-order chi connectivity index (χ1) is 12.9. The molecule has 0 amide bonds. The minimum atomic E-state index is -0.446. The standard InChI is InChI=1S/C18H15P.C5H6.ClH.Ni/c1-4-10-16(11-5-1)19(17-12-6-2-7-13-17)18-14-8-3-9-15-18;1-2-4-5-3-1;;/h1-15H;1-4H,5H2;1H;/q;;;+1/p-1. The SMILES string of the molecule is C1=CCC=C1.[Cl][Ni].c1ccc(P(c2ccccc2)c2ccccc2)cc1. The third-order valence-electron chi connectivity index (χ3n) is 3.70. The van der Waals surface area contributed by atoms with Crippen LogP contribution in [-0.2, 0) is 14.6 Å². The Morgan fingerprint density at radius 1 is 0.538 bits per heavy atom. The van der Waals surface area contributed by atoms with Crippen molar-refractivity contribution in [2.45, 2.75) is 6.42 Å². The van der Waals surface area contributed by atoms with E-state index in [4.69, 9.17) is 0 Å². The minimum Gasteiger partial charge on any atom is -0.0622 e. The number of hydrogen-bond donors (Lipinski definition) is 0. The molecule has 4 rings (SSSR count). The van der Waals surface area contributed by atoms with E-state index in [1.54, 1.807) is 0 Å². The average molecular weight is 423 g/mol. The molecule has 0 saturated heterocycles. The first-order valence-electron chi connectivity index (χ1n) is 8.34. The van der Waals surface area contributed by atoms with Crippen LogP contribution in [0.25, 0.3) is 0 Å². The first kappa shape index (κ1) is 20.7. The van der Waals surface area contributed by atoms with Crippen LogP contribution in [0.4, 0.5) is 0 Å². The molecule has 0 unspecified atom stereocenters. The van der Waals surface area contributed by atoms with Crippen molar-refractivity contribution in [1.82, 2.24) is 0 Å². The summed E-state index contributed by atoms with van der Waals surface area (Å²) in [4.78, 5) is 0. The van der Waals surface area contributed by atoms with E-state index in [0.717, 1.165) is 6.42 Å².